The fraction of sp³-hybridized carbons (Fsp3) is 0.323. The number of anilines is 1. The number of pyridine rings is 1. The number of carbonyl (C=O) groups is 2. The minimum absolute atomic E-state index is 0.0183. The Hall–Kier alpha value is -4.04. The van der Waals surface area contributed by atoms with Crippen LogP contribution in [0.2, 0.25) is 5.02 Å². The molecular weight excluding hydrogens is 526 g/mol. The largest absolute Gasteiger partial charge is 0.481 e. The first-order valence-electron chi connectivity index (χ1n) is 13.5. The van der Waals surface area contributed by atoms with Gasteiger partial charge in [0.2, 0.25) is 0 Å². The van der Waals surface area contributed by atoms with Gasteiger partial charge in [-0.1, -0.05) is 23.7 Å². The summed E-state index contributed by atoms with van der Waals surface area (Å²) in [6.45, 7) is 6.78. The molecule has 0 saturated carbocycles. The number of rotatable bonds is 8. The number of carbonyl (C=O) groups excluding carboxylic acids is 1. The molecule has 40 heavy (non-hydrogen) atoms. The average molecular weight is 558 g/mol. The molecule has 1 N–H and O–H groups in total. The van der Waals surface area contributed by atoms with Gasteiger partial charge in [-0.3, -0.25) is 14.6 Å². The van der Waals surface area contributed by atoms with E-state index >= 15 is 0 Å². The van der Waals surface area contributed by atoms with Crippen molar-refractivity contribution in [3.8, 4) is 11.3 Å². The molecule has 1 aliphatic rings. The van der Waals surface area contributed by atoms with Gasteiger partial charge < -0.3 is 14.9 Å². The third-order valence-corrected chi connectivity index (χ3v) is 7.41. The van der Waals surface area contributed by atoms with Gasteiger partial charge >= 0.3 is 5.97 Å². The van der Waals surface area contributed by atoms with Crippen LogP contribution in [0.25, 0.3) is 22.3 Å². The predicted octanol–water partition coefficient (Wildman–Crippen LogP) is 5.72. The van der Waals surface area contributed by atoms with Gasteiger partial charge in [0.25, 0.3) is 5.91 Å². The topological polar surface area (TPSA) is 99.5 Å². The lowest BCUT2D eigenvalue weighted by atomic mass is 10.0. The number of unbranched alkanes of at least 4 members (excludes halogenated alkanes) is 1. The first kappa shape index (κ1) is 27.5. The minimum atomic E-state index is -0.808. The fourth-order valence-corrected chi connectivity index (χ4v) is 5.28. The Labute approximate surface area is 238 Å². The van der Waals surface area contributed by atoms with E-state index in [0.717, 1.165) is 47.1 Å². The van der Waals surface area contributed by atoms with Crippen molar-refractivity contribution in [2.45, 2.75) is 39.5 Å². The molecule has 4 aromatic rings. The van der Waals surface area contributed by atoms with Crippen molar-refractivity contribution in [2.24, 2.45) is 0 Å². The highest BCUT2D eigenvalue weighted by Crippen LogP contribution is 2.27. The quantitative estimate of drug-likeness (QED) is 0.276. The van der Waals surface area contributed by atoms with Crippen LogP contribution >= 0.6 is 11.6 Å². The molecule has 1 amide bonds. The van der Waals surface area contributed by atoms with Gasteiger partial charge in [0.1, 0.15) is 0 Å². The van der Waals surface area contributed by atoms with Crippen molar-refractivity contribution in [1.82, 2.24) is 19.9 Å². The first-order valence-corrected chi connectivity index (χ1v) is 13.9. The van der Waals surface area contributed by atoms with Crippen LogP contribution in [-0.2, 0) is 11.2 Å². The van der Waals surface area contributed by atoms with Crippen molar-refractivity contribution < 1.29 is 14.7 Å². The molecule has 0 unspecified atom stereocenters. The number of halogens is 1. The van der Waals surface area contributed by atoms with E-state index < -0.39 is 5.97 Å². The number of amides is 1. The van der Waals surface area contributed by atoms with Gasteiger partial charge in [0.05, 0.1) is 22.4 Å². The zero-order chi connectivity index (χ0) is 28.2. The highest BCUT2D eigenvalue weighted by Gasteiger charge is 2.23. The number of piperazine rings is 1. The molecule has 9 heteroatoms. The molecule has 1 fully saturated rings. The summed E-state index contributed by atoms with van der Waals surface area (Å²) in [6, 6.07) is 17.1. The van der Waals surface area contributed by atoms with Crippen molar-refractivity contribution in [3.05, 3.63) is 82.3 Å². The van der Waals surface area contributed by atoms with Crippen LogP contribution in [0.15, 0.2) is 54.6 Å². The lowest BCUT2D eigenvalue weighted by molar-refractivity contribution is -0.137. The Morgan fingerprint density at radius 1 is 0.850 bits per heavy atom. The molecule has 1 saturated heterocycles. The molecule has 0 bridgehead atoms. The number of aliphatic carboxylic acids is 1. The number of carboxylic acid groups (broad SMARTS) is 1. The minimum Gasteiger partial charge on any atom is -0.481 e. The molecule has 1 aliphatic heterocycles. The predicted molar refractivity (Wildman–Crippen MR) is 157 cm³/mol. The van der Waals surface area contributed by atoms with Crippen molar-refractivity contribution in [2.75, 3.05) is 31.1 Å². The Morgan fingerprint density at radius 2 is 1.55 bits per heavy atom. The maximum atomic E-state index is 13.5. The molecule has 206 valence electrons. The van der Waals surface area contributed by atoms with E-state index in [0.29, 0.717) is 54.0 Å². The standard InChI is InChI=1S/C31H32ClN5O3/c1-20-17-25(18-21(2)33-20)36-13-15-37(16-14-36)31(40)23-9-12-26-28(19-23)34-27(5-3-4-6-29(38)39)30(35-26)22-7-10-24(32)11-8-22/h7-12,17-19H,3-6,13-16H2,1-2H3,(H,38,39). The first-order chi connectivity index (χ1) is 19.3. The van der Waals surface area contributed by atoms with E-state index in [1.807, 2.05) is 61.2 Å². The van der Waals surface area contributed by atoms with Crippen LogP contribution in [0.1, 0.15) is 46.7 Å². The number of carboxylic acids is 1. The van der Waals surface area contributed by atoms with E-state index in [1.165, 1.54) is 0 Å². The number of nitrogens with zero attached hydrogens (tertiary/aromatic N) is 5. The maximum Gasteiger partial charge on any atom is 0.303 e. The fourth-order valence-electron chi connectivity index (χ4n) is 5.15. The Bertz CT molecular complexity index is 1530. The Morgan fingerprint density at radius 3 is 2.23 bits per heavy atom. The van der Waals surface area contributed by atoms with E-state index in [-0.39, 0.29) is 12.3 Å². The van der Waals surface area contributed by atoms with E-state index in [9.17, 15) is 9.59 Å². The second-order valence-electron chi connectivity index (χ2n) is 10.2. The summed E-state index contributed by atoms with van der Waals surface area (Å²) in [4.78, 5) is 42.9. The number of benzene rings is 2. The van der Waals surface area contributed by atoms with Crippen LogP contribution in [0.4, 0.5) is 5.69 Å². The number of fused-ring (bicyclic) bond motifs is 1. The monoisotopic (exact) mass is 557 g/mol. The smallest absolute Gasteiger partial charge is 0.303 e. The summed E-state index contributed by atoms with van der Waals surface area (Å²) in [5, 5.41) is 9.65. The summed E-state index contributed by atoms with van der Waals surface area (Å²) < 4.78 is 0. The van der Waals surface area contributed by atoms with Crippen molar-refractivity contribution >= 4 is 40.2 Å². The SMILES string of the molecule is Cc1cc(N2CCN(C(=O)c3ccc4nc(-c5ccc(Cl)cc5)c(CCCCC(=O)O)nc4c3)CC2)cc(C)n1. The molecular formula is C31H32ClN5O3. The molecule has 8 nitrogen and oxygen atoms in total. The van der Waals surface area contributed by atoms with Crippen LogP contribution in [0.3, 0.4) is 0 Å². The summed E-state index contributed by atoms with van der Waals surface area (Å²) in [7, 11) is 0. The molecule has 0 spiro atoms. The molecule has 3 heterocycles. The lowest BCUT2D eigenvalue weighted by Crippen LogP contribution is -2.48. The summed E-state index contributed by atoms with van der Waals surface area (Å²) in [5.74, 6) is -0.826. The highest BCUT2D eigenvalue weighted by molar-refractivity contribution is 6.30. The van der Waals surface area contributed by atoms with Gasteiger partial charge in [0, 0.05) is 65.8 Å². The summed E-state index contributed by atoms with van der Waals surface area (Å²) in [5.41, 5.74) is 7.48. The van der Waals surface area contributed by atoms with E-state index in [1.54, 1.807) is 0 Å². The number of hydrogen-bond acceptors (Lipinski definition) is 6. The second-order valence-corrected chi connectivity index (χ2v) is 10.7. The van der Waals surface area contributed by atoms with Crippen LogP contribution in [0.5, 0.6) is 0 Å². The van der Waals surface area contributed by atoms with Gasteiger partial charge in [-0.15, -0.1) is 0 Å². The van der Waals surface area contributed by atoms with Crippen molar-refractivity contribution in [1.29, 1.82) is 0 Å². The van der Waals surface area contributed by atoms with Gasteiger partial charge in [-0.25, -0.2) is 9.97 Å². The zero-order valence-corrected chi connectivity index (χ0v) is 23.5. The molecule has 0 aliphatic carbocycles. The Balaban J connectivity index is 1.36. The second kappa shape index (κ2) is 12.0. The third-order valence-electron chi connectivity index (χ3n) is 7.15. The highest BCUT2D eigenvalue weighted by atomic mass is 35.5. The van der Waals surface area contributed by atoms with Crippen LogP contribution in [-0.4, -0.2) is 63.0 Å². The van der Waals surface area contributed by atoms with Gasteiger partial charge in [0.15, 0.2) is 0 Å². The maximum absolute atomic E-state index is 13.5. The normalized spacial score (nSPS) is 13.6. The van der Waals surface area contributed by atoms with Gasteiger partial charge in [-0.05, 0) is 75.6 Å². The van der Waals surface area contributed by atoms with Crippen LogP contribution < -0.4 is 4.90 Å². The number of aryl methyl sites for hydroxylation is 3. The molecule has 5 rings (SSSR count). The molecule has 0 atom stereocenters. The molecule has 0 radical (unpaired) electrons. The third kappa shape index (κ3) is 6.39. The van der Waals surface area contributed by atoms with Gasteiger partial charge in [-0.2, -0.15) is 0 Å². The summed E-state index contributed by atoms with van der Waals surface area (Å²) >= 11 is 6.10. The van der Waals surface area contributed by atoms with E-state index in [4.69, 9.17) is 26.7 Å². The molecule has 2 aromatic heterocycles. The number of aromatic nitrogens is 3. The Kier molecular flexibility index (Phi) is 8.26. The van der Waals surface area contributed by atoms with Crippen LogP contribution in [0, 0.1) is 13.8 Å². The summed E-state index contributed by atoms with van der Waals surface area (Å²) in [6.07, 6.45) is 1.93. The zero-order valence-electron chi connectivity index (χ0n) is 22.7. The lowest BCUT2D eigenvalue weighted by Gasteiger charge is -2.36. The number of hydrogen-bond donors (Lipinski definition) is 1. The molecule has 2 aromatic carbocycles. The van der Waals surface area contributed by atoms with E-state index in [2.05, 4.69) is 22.0 Å². The average Bonchev–Trinajstić information content (AvgIpc) is 2.94. The van der Waals surface area contributed by atoms with Crippen molar-refractivity contribution in [3.63, 3.8) is 0 Å².